The first kappa shape index (κ1) is 9.27. The molecule has 1 aromatic heterocycles. The highest BCUT2D eigenvalue weighted by Crippen LogP contribution is 2.27. The second-order valence-corrected chi connectivity index (χ2v) is 3.65. The van der Waals surface area contributed by atoms with Crippen LogP contribution in [0, 0.1) is 0 Å². The minimum absolute atomic E-state index is 0.0295. The molecule has 1 heterocycles. The fraction of sp³-hybridized carbons (Fsp3) is 0.500. The van der Waals surface area contributed by atoms with E-state index >= 15 is 0 Å². The van der Waals surface area contributed by atoms with E-state index in [-0.39, 0.29) is 18.0 Å². The van der Waals surface area contributed by atoms with Crippen molar-refractivity contribution in [2.75, 3.05) is 0 Å². The van der Waals surface area contributed by atoms with Crippen LogP contribution in [-0.4, -0.2) is 10.1 Å². The molecule has 0 saturated carbocycles. The third-order valence-electron chi connectivity index (χ3n) is 2.83. The smallest absolute Gasteiger partial charge is 0.255 e. The second-order valence-electron chi connectivity index (χ2n) is 3.65. The Kier molecular flexibility index (Phi) is 2.29. The number of H-pyrrole nitrogens is 1. The van der Waals surface area contributed by atoms with Gasteiger partial charge < -0.3 is 10.8 Å². The van der Waals surface area contributed by atoms with E-state index in [0.717, 1.165) is 36.8 Å². The van der Waals surface area contributed by atoms with E-state index in [9.17, 15) is 9.90 Å². The van der Waals surface area contributed by atoms with Crippen LogP contribution in [0.2, 0.25) is 0 Å². The maximum atomic E-state index is 11.4. The van der Waals surface area contributed by atoms with Crippen LogP contribution in [0.5, 0.6) is 5.88 Å². The van der Waals surface area contributed by atoms with Gasteiger partial charge in [0.05, 0.1) is 0 Å². The van der Waals surface area contributed by atoms with Gasteiger partial charge in [0.1, 0.15) is 0 Å². The van der Waals surface area contributed by atoms with Crippen molar-refractivity contribution in [3.8, 4) is 5.88 Å². The molecule has 1 aliphatic carbocycles. The van der Waals surface area contributed by atoms with E-state index in [4.69, 9.17) is 5.73 Å². The topological polar surface area (TPSA) is 79.1 Å². The molecule has 0 aromatic carbocycles. The van der Waals surface area contributed by atoms with Crippen LogP contribution in [0.3, 0.4) is 0 Å². The van der Waals surface area contributed by atoms with Crippen LogP contribution < -0.4 is 11.3 Å². The molecule has 0 bridgehead atoms. The van der Waals surface area contributed by atoms with Gasteiger partial charge >= 0.3 is 0 Å². The second kappa shape index (κ2) is 3.46. The quantitative estimate of drug-likeness (QED) is 0.606. The molecular formula is C10H14N2O2. The normalized spacial score (nSPS) is 15.2. The molecule has 0 unspecified atom stereocenters. The average Bonchev–Trinajstić information content (AvgIpc) is 2.18. The van der Waals surface area contributed by atoms with Crippen molar-refractivity contribution in [2.24, 2.45) is 5.73 Å². The molecule has 0 radical (unpaired) electrons. The van der Waals surface area contributed by atoms with E-state index in [1.807, 2.05) is 0 Å². The molecule has 0 atom stereocenters. The minimum Gasteiger partial charge on any atom is -0.494 e. The number of nitrogens with two attached hydrogens (primary N) is 1. The zero-order valence-electron chi connectivity index (χ0n) is 7.97. The Hall–Kier alpha value is -1.29. The molecule has 0 aliphatic heterocycles. The molecule has 1 aliphatic rings. The molecule has 4 heteroatoms. The van der Waals surface area contributed by atoms with Crippen molar-refractivity contribution >= 4 is 0 Å². The summed E-state index contributed by atoms with van der Waals surface area (Å²) in [6, 6.07) is 0. The highest BCUT2D eigenvalue weighted by Gasteiger charge is 2.18. The maximum Gasteiger partial charge on any atom is 0.255 e. The Morgan fingerprint density at radius 2 is 1.93 bits per heavy atom. The van der Waals surface area contributed by atoms with Gasteiger partial charge in [-0.1, -0.05) is 0 Å². The zero-order chi connectivity index (χ0) is 10.1. The third-order valence-corrected chi connectivity index (χ3v) is 2.83. The predicted octanol–water partition coefficient (Wildman–Crippen LogP) is 0.418. The van der Waals surface area contributed by atoms with Crippen molar-refractivity contribution in [3.63, 3.8) is 0 Å². The Balaban J connectivity index is 2.67. The van der Waals surface area contributed by atoms with Gasteiger partial charge in [-0.25, -0.2) is 0 Å². The zero-order valence-corrected chi connectivity index (χ0v) is 7.97. The van der Waals surface area contributed by atoms with E-state index in [0.29, 0.717) is 5.56 Å². The first-order valence-corrected chi connectivity index (χ1v) is 4.90. The van der Waals surface area contributed by atoms with Crippen molar-refractivity contribution in [3.05, 3.63) is 27.0 Å². The lowest BCUT2D eigenvalue weighted by Crippen LogP contribution is -2.22. The SMILES string of the molecule is NCc1c2c(c(O)[nH]c1=O)CCCC2. The van der Waals surface area contributed by atoms with Gasteiger partial charge in [0, 0.05) is 17.7 Å². The van der Waals surface area contributed by atoms with Crippen LogP contribution in [0.1, 0.15) is 29.5 Å². The number of aromatic hydroxyl groups is 1. The molecule has 14 heavy (non-hydrogen) atoms. The summed E-state index contributed by atoms with van der Waals surface area (Å²) < 4.78 is 0. The average molecular weight is 194 g/mol. The molecule has 0 saturated heterocycles. The fourth-order valence-electron chi connectivity index (χ4n) is 2.11. The Labute approximate surface area is 81.8 Å². The lowest BCUT2D eigenvalue weighted by atomic mass is 9.89. The lowest BCUT2D eigenvalue weighted by Gasteiger charge is -2.18. The van der Waals surface area contributed by atoms with Gasteiger partial charge in [0.15, 0.2) is 5.88 Å². The summed E-state index contributed by atoms with van der Waals surface area (Å²) in [6.07, 6.45) is 3.84. The van der Waals surface area contributed by atoms with Crippen molar-refractivity contribution < 1.29 is 5.11 Å². The Morgan fingerprint density at radius 3 is 2.57 bits per heavy atom. The predicted molar refractivity (Wildman–Crippen MR) is 53.3 cm³/mol. The van der Waals surface area contributed by atoms with Crippen LogP contribution in [0.15, 0.2) is 4.79 Å². The van der Waals surface area contributed by atoms with Gasteiger partial charge in [-0.2, -0.15) is 0 Å². The van der Waals surface area contributed by atoms with Crippen LogP contribution in [-0.2, 0) is 19.4 Å². The first-order valence-electron chi connectivity index (χ1n) is 4.90. The molecule has 0 spiro atoms. The van der Waals surface area contributed by atoms with E-state index in [1.165, 1.54) is 0 Å². The van der Waals surface area contributed by atoms with Crippen molar-refractivity contribution in [2.45, 2.75) is 32.2 Å². The molecule has 1 aromatic rings. The van der Waals surface area contributed by atoms with Crippen molar-refractivity contribution in [1.29, 1.82) is 0 Å². The summed E-state index contributed by atoms with van der Waals surface area (Å²) in [4.78, 5) is 13.9. The number of fused-ring (bicyclic) bond motifs is 1. The van der Waals surface area contributed by atoms with E-state index in [1.54, 1.807) is 0 Å². The number of hydrogen-bond donors (Lipinski definition) is 3. The van der Waals surface area contributed by atoms with Crippen LogP contribution in [0.25, 0.3) is 0 Å². The van der Waals surface area contributed by atoms with Crippen LogP contribution in [0.4, 0.5) is 0 Å². The summed E-state index contributed by atoms with van der Waals surface area (Å²) in [5, 5.41) is 9.56. The van der Waals surface area contributed by atoms with Gasteiger partial charge in [0.2, 0.25) is 0 Å². The van der Waals surface area contributed by atoms with Gasteiger partial charge in [-0.3, -0.25) is 9.78 Å². The van der Waals surface area contributed by atoms with Crippen LogP contribution >= 0.6 is 0 Å². The number of nitrogens with one attached hydrogen (secondary N) is 1. The molecule has 0 fully saturated rings. The number of aromatic nitrogens is 1. The van der Waals surface area contributed by atoms with Crippen molar-refractivity contribution in [1.82, 2.24) is 4.98 Å². The Bertz CT molecular complexity index is 409. The Morgan fingerprint density at radius 1 is 1.29 bits per heavy atom. The first-order chi connectivity index (χ1) is 6.74. The van der Waals surface area contributed by atoms with Gasteiger partial charge in [-0.15, -0.1) is 0 Å². The number of rotatable bonds is 1. The lowest BCUT2D eigenvalue weighted by molar-refractivity contribution is 0.437. The minimum atomic E-state index is -0.245. The van der Waals surface area contributed by atoms with E-state index < -0.39 is 0 Å². The molecular weight excluding hydrogens is 180 g/mol. The number of hydrogen-bond acceptors (Lipinski definition) is 3. The summed E-state index contributed by atoms with van der Waals surface area (Å²) in [5.41, 5.74) is 7.77. The largest absolute Gasteiger partial charge is 0.494 e. The van der Waals surface area contributed by atoms with Gasteiger partial charge in [0.25, 0.3) is 5.56 Å². The molecule has 0 amide bonds. The third kappa shape index (κ3) is 1.32. The highest BCUT2D eigenvalue weighted by molar-refractivity contribution is 5.40. The summed E-state index contributed by atoms with van der Waals surface area (Å²) >= 11 is 0. The fourth-order valence-corrected chi connectivity index (χ4v) is 2.11. The van der Waals surface area contributed by atoms with E-state index in [2.05, 4.69) is 4.98 Å². The number of pyridine rings is 1. The molecule has 4 nitrogen and oxygen atoms in total. The monoisotopic (exact) mass is 194 g/mol. The highest BCUT2D eigenvalue weighted by atomic mass is 16.3. The van der Waals surface area contributed by atoms with Gasteiger partial charge in [-0.05, 0) is 31.2 Å². The summed E-state index contributed by atoms with van der Waals surface area (Å²) in [6.45, 7) is 0.248. The maximum absolute atomic E-state index is 11.4. The standard InChI is InChI=1S/C10H14N2O2/c11-5-8-6-3-1-2-4-7(6)9(13)12-10(8)14/h1-5,11H2,(H2,12,13,14). The molecule has 76 valence electrons. The summed E-state index contributed by atoms with van der Waals surface area (Å²) in [7, 11) is 0. The molecule has 2 rings (SSSR count). The summed E-state index contributed by atoms with van der Waals surface area (Å²) in [5.74, 6) is 0.0295. The molecule has 4 N–H and O–H groups in total. The number of aromatic amines is 1.